The average Bonchev–Trinajstić information content (AvgIpc) is 2.56. The first-order valence-electron chi connectivity index (χ1n) is 8.86. The SMILES string of the molecule is COc1cccc(CN2CCN(CC(C)C)[C@H](CCO)C2)c1OC. The summed E-state index contributed by atoms with van der Waals surface area (Å²) in [7, 11) is 3.36. The fourth-order valence-corrected chi connectivity index (χ4v) is 3.55. The van der Waals surface area contributed by atoms with Gasteiger partial charge < -0.3 is 14.6 Å². The summed E-state index contributed by atoms with van der Waals surface area (Å²) in [6.45, 7) is 9.76. The van der Waals surface area contributed by atoms with Crippen LogP contribution in [0.2, 0.25) is 0 Å². The van der Waals surface area contributed by atoms with Crippen LogP contribution in [0.4, 0.5) is 0 Å². The molecule has 1 atom stereocenters. The van der Waals surface area contributed by atoms with Crippen LogP contribution in [-0.2, 0) is 6.54 Å². The van der Waals surface area contributed by atoms with Gasteiger partial charge in [0.15, 0.2) is 11.5 Å². The van der Waals surface area contributed by atoms with E-state index in [1.54, 1.807) is 14.2 Å². The number of methoxy groups -OCH3 is 2. The molecule has 0 aromatic heterocycles. The molecule has 0 bridgehead atoms. The van der Waals surface area contributed by atoms with E-state index < -0.39 is 0 Å². The molecule has 24 heavy (non-hydrogen) atoms. The molecule has 136 valence electrons. The van der Waals surface area contributed by atoms with Crippen molar-refractivity contribution >= 4 is 0 Å². The van der Waals surface area contributed by atoms with Crippen molar-refractivity contribution in [1.29, 1.82) is 0 Å². The Kier molecular flexibility index (Phi) is 7.34. The quantitative estimate of drug-likeness (QED) is 0.789. The Morgan fingerprint density at radius 1 is 1.21 bits per heavy atom. The number of para-hydroxylation sites is 1. The largest absolute Gasteiger partial charge is 0.493 e. The molecule has 1 heterocycles. The standard InChI is InChI=1S/C19H32N2O3/c1-15(2)12-21-10-9-20(14-17(21)8-11-22)13-16-6-5-7-18(23-3)19(16)24-4/h5-7,15,17,22H,8-14H2,1-4H3/t17-/m1/s1. The highest BCUT2D eigenvalue weighted by molar-refractivity contribution is 5.46. The number of piperazine rings is 1. The number of benzene rings is 1. The zero-order valence-electron chi connectivity index (χ0n) is 15.5. The molecule has 5 nitrogen and oxygen atoms in total. The fraction of sp³-hybridized carbons (Fsp3) is 0.684. The monoisotopic (exact) mass is 336 g/mol. The van der Waals surface area contributed by atoms with Crippen LogP contribution in [0.5, 0.6) is 11.5 Å². The molecule has 0 aliphatic carbocycles. The van der Waals surface area contributed by atoms with Crippen molar-refractivity contribution in [2.45, 2.75) is 32.9 Å². The van der Waals surface area contributed by atoms with Crippen molar-refractivity contribution in [2.24, 2.45) is 5.92 Å². The summed E-state index contributed by atoms with van der Waals surface area (Å²) < 4.78 is 11.0. The molecule has 0 spiro atoms. The van der Waals surface area contributed by atoms with Gasteiger partial charge in [0.05, 0.1) is 14.2 Å². The molecular formula is C19H32N2O3. The number of hydrogen-bond acceptors (Lipinski definition) is 5. The lowest BCUT2D eigenvalue weighted by atomic mass is 10.0. The molecule has 0 unspecified atom stereocenters. The Morgan fingerprint density at radius 2 is 2.00 bits per heavy atom. The normalized spacial score (nSPS) is 19.7. The summed E-state index contributed by atoms with van der Waals surface area (Å²) in [6.07, 6.45) is 0.832. The van der Waals surface area contributed by atoms with Crippen LogP contribution in [-0.4, -0.2) is 68.0 Å². The van der Waals surface area contributed by atoms with E-state index in [-0.39, 0.29) is 6.61 Å². The van der Waals surface area contributed by atoms with Crippen molar-refractivity contribution in [3.63, 3.8) is 0 Å². The van der Waals surface area contributed by atoms with Crippen LogP contribution in [0.25, 0.3) is 0 Å². The van der Waals surface area contributed by atoms with Crippen LogP contribution in [0, 0.1) is 5.92 Å². The molecule has 0 saturated carbocycles. The van der Waals surface area contributed by atoms with E-state index in [0.29, 0.717) is 12.0 Å². The third kappa shape index (κ3) is 4.85. The number of rotatable bonds is 8. The molecule has 1 saturated heterocycles. The van der Waals surface area contributed by atoms with Gasteiger partial charge in [-0.3, -0.25) is 9.80 Å². The van der Waals surface area contributed by atoms with Gasteiger partial charge in [-0.25, -0.2) is 0 Å². The second-order valence-corrected chi connectivity index (χ2v) is 6.94. The second kappa shape index (κ2) is 9.25. The van der Waals surface area contributed by atoms with Gasteiger partial charge in [-0.05, 0) is 18.4 Å². The molecule has 0 amide bonds. The van der Waals surface area contributed by atoms with Gasteiger partial charge in [0.1, 0.15) is 0 Å². The molecule has 1 aromatic carbocycles. The summed E-state index contributed by atoms with van der Waals surface area (Å²) in [5.74, 6) is 2.25. The van der Waals surface area contributed by atoms with Gasteiger partial charge >= 0.3 is 0 Å². The lowest BCUT2D eigenvalue weighted by Crippen LogP contribution is -2.53. The first-order chi connectivity index (χ1) is 11.6. The highest BCUT2D eigenvalue weighted by Gasteiger charge is 2.27. The molecular weight excluding hydrogens is 304 g/mol. The first kappa shape index (κ1) is 19.0. The molecule has 0 radical (unpaired) electrons. The highest BCUT2D eigenvalue weighted by atomic mass is 16.5. The zero-order chi connectivity index (χ0) is 17.5. The van der Waals surface area contributed by atoms with Gasteiger partial charge in [0.25, 0.3) is 0 Å². The van der Waals surface area contributed by atoms with Crippen molar-refractivity contribution < 1.29 is 14.6 Å². The van der Waals surface area contributed by atoms with Gasteiger partial charge in [-0.1, -0.05) is 26.0 Å². The molecule has 1 N–H and O–H groups in total. The number of aliphatic hydroxyl groups is 1. The van der Waals surface area contributed by atoms with Gasteiger partial charge in [0, 0.05) is 50.9 Å². The van der Waals surface area contributed by atoms with Crippen molar-refractivity contribution in [2.75, 3.05) is 47.0 Å². The van der Waals surface area contributed by atoms with E-state index in [9.17, 15) is 5.11 Å². The summed E-state index contributed by atoms with van der Waals surface area (Å²) >= 11 is 0. The van der Waals surface area contributed by atoms with Crippen molar-refractivity contribution in [1.82, 2.24) is 9.80 Å². The van der Waals surface area contributed by atoms with Crippen LogP contribution in [0.3, 0.4) is 0 Å². The van der Waals surface area contributed by atoms with Crippen molar-refractivity contribution in [3.05, 3.63) is 23.8 Å². The van der Waals surface area contributed by atoms with Crippen molar-refractivity contribution in [3.8, 4) is 11.5 Å². The Labute approximate surface area is 146 Å². The smallest absolute Gasteiger partial charge is 0.165 e. The minimum atomic E-state index is 0.246. The first-order valence-corrected chi connectivity index (χ1v) is 8.86. The maximum absolute atomic E-state index is 9.42. The summed E-state index contributed by atoms with van der Waals surface area (Å²) in [5.41, 5.74) is 1.15. The second-order valence-electron chi connectivity index (χ2n) is 6.94. The van der Waals surface area contributed by atoms with E-state index >= 15 is 0 Å². The molecule has 1 aliphatic heterocycles. The Balaban J connectivity index is 2.06. The Hall–Kier alpha value is -1.30. The van der Waals surface area contributed by atoms with Gasteiger partial charge in [-0.15, -0.1) is 0 Å². The minimum Gasteiger partial charge on any atom is -0.493 e. The molecule has 1 aliphatic rings. The molecule has 2 rings (SSSR count). The number of nitrogens with zero attached hydrogens (tertiary/aromatic N) is 2. The van der Waals surface area contributed by atoms with Crippen LogP contribution in [0.15, 0.2) is 18.2 Å². The summed E-state index contributed by atoms with van der Waals surface area (Å²) in [5, 5.41) is 9.42. The predicted molar refractivity (Wildman–Crippen MR) is 96.7 cm³/mol. The van der Waals surface area contributed by atoms with Gasteiger partial charge in [0.2, 0.25) is 0 Å². The van der Waals surface area contributed by atoms with E-state index in [1.807, 2.05) is 12.1 Å². The topological polar surface area (TPSA) is 45.2 Å². The lowest BCUT2D eigenvalue weighted by molar-refractivity contribution is 0.0473. The Morgan fingerprint density at radius 3 is 2.62 bits per heavy atom. The number of ether oxygens (including phenoxy) is 2. The number of aliphatic hydroxyl groups excluding tert-OH is 1. The molecule has 1 aromatic rings. The maximum atomic E-state index is 9.42. The minimum absolute atomic E-state index is 0.246. The summed E-state index contributed by atoms with van der Waals surface area (Å²) in [4.78, 5) is 4.98. The average molecular weight is 336 g/mol. The van der Waals surface area contributed by atoms with Gasteiger partial charge in [-0.2, -0.15) is 0 Å². The Bertz CT molecular complexity index is 507. The molecule has 5 heteroatoms. The third-order valence-corrected chi connectivity index (χ3v) is 4.63. The number of hydrogen-bond donors (Lipinski definition) is 1. The maximum Gasteiger partial charge on any atom is 0.165 e. The van der Waals surface area contributed by atoms with Crippen LogP contribution < -0.4 is 9.47 Å². The lowest BCUT2D eigenvalue weighted by Gasteiger charge is -2.42. The van der Waals surface area contributed by atoms with E-state index in [0.717, 1.165) is 56.2 Å². The van der Waals surface area contributed by atoms with E-state index in [1.165, 1.54) is 0 Å². The molecule has 1 fully saturated rings. The summed E-state index contributed by atoms with van der Waals surface area (Å²) in [6, 6.07) is 6.46. The fourth-order valence-electron chi connectivity index (χ4n) is 3.55. The third-order valence-electron chi connectivity index (χ3n) is 4.63. The predicted octanol–water partition coefficient (Wildman–Crippen LogP) is 2.23. The van der Waals surface area contributed by atoms with E-state index in [4.69, 9.17) is 9.47 Å². The van der Waals surface area contributed by atoms with Crippen LogP contribution in [0.1, 0.15) is 25.8 Å². The zero-order valence-corrected chi connectivity index (χ0v) is 15.5. The highest BCUT2D eigenvalue weighted by Crippen LogP contribution is 2.32. The van der Waals surface area contributed by atoms with E-state index in [2.05, 4.69) is 29.7 Å². The van der Waals surface area contributed by atoms with Crippen LogP contribution >= 0.6 is 0 Å².